The van der Waals surface area contributed by atoms with Crippen molar-refractivity contribution in [3.05, 3.63) is 22.4 Å². The van der Waals surface area contributed by atoms with Gasteiger partial charge in [0, 0.05) is 13.0 Å². The standard InChI is InChI=1S/C10H15NOS/c1-3-11(2)7-6-9(12)10-5-4-8-13-10/h4-5,8H,3,6-7H2,1-2H3. The van der Waals surface area contributed by atoms with Crippen LogP contribution < -0.4 is 0 Å². The number of hydrogen-bond donors (Lipinski definition) is 0. The molecule has 0 aliphatic carbocycles. The topological polar surface area (TPSA) is 20.3 Å². The largest absolute Gasteiger partial charge is 0.306 e. The molecular formula is C10H15NOS. The second-order valence-electron chi connectivity index (χ2n) is 3.05. The monoisotopic (exact) mass is 197 g/mol. The lowest BCUT2D eigenvalue weighted by Gasteiger charge is -2.11. The van der Waals surface area contributed by atoms with E-state index in [4.69, 9.17) is 0 Å². The Morgan fingerprint density at radius 3 is 2.92 bits per heavy atom. The number of hydrogen-bond acceptors (Lipinski definition) is 3. The summed E-state index contributed by atoms with van der Waals surface area (Å²) in [5.74, 6) is 0.260. The Bertz CT molecular complexity index is 256. The molecule has 1 aromatic heterocycles. The van der Waals surface area contributed by atoms with Crippen LogP contribution in [0.4, 0.5) is 0 Å². The van der Waals surface area contributed by atoms with Gasteiger partial charge in [0.2, 0.25) is 0 Å². The fourth-order valence-corrected chi connectivity index (χ4v) is 1.71. The molecule has 0 unspecified atom stereocenters. The smallest absolute Gasteiger partial charge is 0.174 e. The van der Waals surface area contributed by atoms with E-state index >= 15 is 0 Å². The van der Waals surface area contributed by atoms with Gasteiger partial charge in [-0.25, -0.2) is 0 Å². The Hall–Kier alpha value is -0.670. The Labute approximate surface area is 83.2 Å². The summed E-state index contributed by atoms with van der Waals surface area (Å²) in [6.07, 6.45) is 0.630. The molecule has 1 rings (SSSR count). The number of nitrogens with zero attached hydrogens (tertiary/aromatic N) is 1. The molecule has 0 atom stereocenters. The van der Waals surface area contributed by atoms with Gasteiger partial charge in [-0.3, -0.25) is 4.79 Å². The Balaban J connectivity index is 2.35. The molecule has 0 amide bonds. The molecule has 0 fully saturated rings. The van der Waals surface area contributed by atoms with Gasteiger partial charge in [0.1, 0.15) is 0 Å². The molecule has 0 radical (unpaired) electrons. The maximum Gasteiger partial charge on any atom is 0.174 e. The van der Waals surface area contributed by atoms with Gasteiger partial charge in [-0.15, -0.1) is 11.3 Å². The van der Waals surface area contributed by atoms with E-state index in [1.165, 1.54) is 11.3 Å². The fraction of sp³-hybridized carbons (Fsp3) is 0.500. The highest BCUT2D eigenvalue weighted by molar-refractivity contribution is 7.12. The molecule has 0 aromatic carbocycles. The highest BCUT2D eigenvalue weighted by atomic mass is 32.1. The van der Waals surface area contributed by atoms with Crippen molar-refractivity contribution < 1.29 is 4.79 Å². The SMILES string of the molecule is CCN(C)CCC(=O)c1cccs1. The molecule has 0 spiro atoms. The van der Waals surface area contributed by atoms with E-state index in [0.29, 0.717) is 6.42 Å². The third kappa shape index (κ3) is 3.28. The minimum atomic E-state index is 0.260. The molecule has 0 aliphatic heterocycles. The van der Waals surface area contributed by atoms with Crippen molar-refractivity contribution in [1.82, 2.24) is 4.90 Å². The molecule has 0 saturated carbocycles. The van der Waals surface area contributed by atoms with Gasteiger partial charge in [-0.05, 0) is 25.0 Å². The summed E-state index contributed by atoms with van der Waals surface area (Å²) in [7, 11) is 2.03. The lowest BCUT2D eigenvalue weighted by atomic mass is 10.2. The number of carbonyl (C=O) groups is 1. The van der Waals surface area contributed by atoms with Crippen LogP contribution in [0.3, 0.4) is 0 Å². The van der Waals surface area contributed by atoms with E-state index in [-0.39, 0.29) is 5.78 Å². The Kier molecular flexibility index (Phi) is 4.12. The van der Waals surface area contributed by atoms with Crippen molar-refractivity contribution in [2.45, 2.75) is 13.3 Å². The van der Waals surface area contributed by atoms with Crippen LogP contribution in [0.15, 0.2) is 17.5 Å². The van der Waals surface area contributed by atoms with Crippen LogP contribution in [0.25, 0.3) is 0 Å². The van der Waals surface area contributed by atoms with E-state index in [1.54, 1.807) is 0 Å². The summed E-state index contributed by atoms with van der Waals surface area (Å²) >= 11 is 1.52. The lowest BCUT2D eigenvalue weighted by Crippen LogP contribution is -2.20. The minimum Gasteiger partial charge on any atom is -0.306 e. The van der Waals surface area contributed by atoms with E-state index < -0.39 is 0 Å². The van der Waals surface area contributed by atoms with Crippen LogP contribution in [0, 0.1) is 0 Å². The second kappa shape index (κ2) is 5.14. The van der Waals surface area contributed by atoms with Crippen molar-refractivity contribution in [1.29, 1.82) is 0 Å². The van der Waals surface area contributed by atoms with Crippen molar-refractivity contribution in [2.75, 3.05) is 20.1 Å². The number of Topliss-reactive ketones (excluding diaryl/α,β-unsaturated/α-hetero) is 1. The molecule has 1 heterocycles. The third-order valence-corrected chi connectivity index (χ3v) is 2.97. The summed E-state index contributed by atoms with van der Waals surface area (Å²) in [5, 5.41) is 1.94. The molecule has 3 heteroatoms. The summed E-state index contributed by atoms with van der Waals surface area (Å²) in [6.45, 7) is 3.95. The van der Waals surface area contributed by atoms with Gasteiger partial charge in [0.15, 0.2) is 5.78 Å². The van der Waals surface area contributed by atoms with Crippen molar-refractivity contribution in [3.63, 3.8) is 0 Å². The van der Waals surface area contributed by atoms with Gasteiger partial charge >= 0.3 is 0 Å². The summed E-state index contributed by atoms with van der Waals surface area (Å²) in [6, 6.07) is 3.81. The highest BCUT2D eigenvalue weighted by Crippen LogP contribution is 2.11. The predicted molar refractivity (Wildman–Crippen MR) is 56.4 cm³/mol. The van der Waals surface area contributed by atoms with Crippen LogP contribution in [-0.4, -0.2) is 30.8 Å². The van der Waals surface area contributed by atoms with Gasteiger partial charge in [-0.1, -0.05) is 13.0 Å². The maximum absolute atomic E-state index is 11.5. The van der Waals surface area contributed by atoms with E-state index in [1.807, 2.05) is 24.6 Å². The first-order valence-corrected chi connectivity index (χ1v) is 5.37. The molecule has 13 heavy (non-hydrogen) atoms. The zero-order valence-electron chi connectivity index (χ0n) is 8.12. The summed E-state index contributed by atoms with van der Waals surface area (Å²) in [5.41, 5.74) is 0. The molecule has 0 saturated heterocycles. The number of thiophene rings is 1. The zero-order valence-corrected chi connectivity index (χ0v) is 8.93. The quantitative estimate of drug-likeness (QED) is 0.675. The number of ketones is 1. The van der Waals surface area contributed by atoms with Crippen LogP contribution in [0.5, 0.6) is 0 Å². The third-order valence-electron chi connectivity index (χ3n) is 2.06. The fourth-order valence-electron chi connectivity index (χ4n) is 1.01. The van der Waals surface area contributed by atoms with Gasteiger partial charge < -0.3 is 4.90 Å². The number of rotatable bonds is 5. The summed E-state index contributed by atoms with van der Waals surface area (Å²) < 4.78 is 0. The molecule has 0 N–H and O–H groups in total. The summed E-state index contributed by atoms with van der Waals surface area (Å²) in [4.78, 5) is 14.5. The molecular weight excluding hydrogens is 182 g/mol. The first-order valence-electron chi connectivity index (χ1n) is 4.49. The molecule has 1 aromatic rings. The van der Waals surface area contributed by atoms with Crippen molar-refractivity contribution >= 4 is 17.1 Å². The normalized spacial score (nSPS) is 10.7. The zero-order chi connectivity index (χ0) is 9.68. The molecule has 2 nitrogen and oxygen atoms in total. The van der Waals surface area contributed by atoms with Crippen LogP contribution in [0.1, 0.15) is 23.0 Å². The first-order chi connectivity index (χ1) is 6.24. The van der Waals surface area contributed by atoms with E-state index in [2.05, 4.69) is 11.8 Å². The van der Waals surface area contributed by atoms with E-state index in [0.717, 1.165) is 18.0 Å². The maximum atomic E-state index is 11.5. The Morgan fingerprint density at radius 2 is 2.38 bits per heavy atom. The van der Waals surface area contributed by atoms with Crippen molar-refractivity contribution in [3.8, 4) is 0 Å². The van der Waals surface area contributed by atoms with Crippen LogP contribution >= 0.6 is 11.3 Å². The van der Waals surface area contributed by atoms with Crippen LogP contribution in [0.2, 0.25) is 0 Å². The lowest BCUT2D eigenvalue weighted by molar-refractivity contribution is 0.0974. The van der Waals surface area contributed by atoms with Gasteiger partial charge in [0.05, 0.1) is 4.88 Å². The van der Waals surface area contributed by atoms with E-state index in [9.17, 15) is 4.79 Å². The average Bonchev–Trinajstić information content (AvgIpc) is 2.66. The number of carbonyl (C=O) groups excluding carboxylic acids is 1. The second-order valence-corrected chi connectivity index (χ2v) is 3.99. The predicted octanol–water partition coefficient (Wildman–Crippen LogP) is 2.27. The van der Waals surface area contributed by atoms with Crippen molar-refractivity contribution in [2.24, 2.45) is 0 Å². The molecule has 0 aliphatic rings. The molecule has 72 valence electrons. The van der Waals surface area contributed by atoms with Gasteiger partial charge in [0.25, 0.3) is 0 Å². The first kappa shape index (κ1) is 10.4. The van der Waals surface area contributed by atoms with Gasteiger partial charge in [-0.2, -0.15) is 0 Å². The minimum absolute atomic E-state index is 0.260. The molecule has 0 bridgehead atoms. The Morgan fingerprint density at radius 1 is 1.62 bits per heavy atom. The van der Waals surface area contributed by atoms with Crippen LogP contribution in [-0.2, 0) is 0 Å². The average molecular weight is 197 g/mol. The highest BCUT2D eigenvalue weighted by Gasteiger charge is 2.06.